The van der Waals surface area contributed by atoms with Gasteiger partial charge in [0.05, 0.1) is 16.5 Å². The third kappa shape index (κ3) is 3.42. The summed E-state index contributed by atoms with van der Waals surface area (Å²) < 4.78 is 46.8. The highest BCUT2D eigenvalue weighted by molar-refractivity contribution is 7.89. The highest BCUT2D eigenvalue weighted by Crippen LogP contribution is 2.28. The van der Waals surface area contributed by atoms with Crippen molar-refractivity contribution in [2.75, 3.05) is 13.7 Å². The number of rotatable bonds is 5. The summed E-state index contributed by atoms with van der Waals surface area (Å²) in [6, 6.07) is 3.80. The normalized spacial score (nSPS) is 26.2. The second kappa shape index (κ2) is 6.00. The number of halogens is 1. The van der Waals surface area contributed by atoms with E-state index in [0.717, 1.165) is 6.07 Å². The highest BCUT2D eigenvalue weighted by Gasteiger charge is 2.41. The SMILES string of the molecule is CNCc1ccc(F)cc1S(=O)(=O)NC1(C)CCOC1C. The highest BCUT2D eigenvalue weighted by atomic mass is 32.2. The molecule has 21 heavy (non-hydrogen) atoms. The Bertz CT molecular complexity index is 621. The molecule has 2 rings (SSSR count). The molecule has 0 aliphatic carbocycles. The molecule has 0 radical (unpaired) electrons. The summed E-state index contributed by atoms with van der Waals surface area (Å²) in [4.78, 5) is -0.0304. The van der Waals surface area contributed by atoms with Crippen LogP contribution in [0.15, 0.2) is 23.1 Å². The fourth-order valence-electron chi connectivity index (χ4n) is 2.45. The Morgan fingerprint density at radius 2 is 2.19 bits per heavy atom. The van der Waals surface area contributed by atoms with E-state index in [-0.39, 0.29) is 11.0 Å². The lowest BCUT2D eigenvalue weighted by molar-refractivity contribution is 0.0957. The maximum Gasteiger partial charge on any atom is 0.241 e. The molecule has 0 aromatic heterocycles. The fourth-order valence-corrected chi connectivity index (χ4v) is 4.19. The van der Waals surface area contributed by atoms with Gasteiger partial charge in [-0.3, -0.25) is 0 Å². The Kier molecular flexibility index (Phi) is 4.67. The van der Waals surface area contributed by atoms with E-state index in [4.69, 9.17) is 4.74 Å². The van der Waals surface area contributed by atoms with Crippen LogP contribution in [0, 0.1) is 5.82 Å². The maximum atomic E-state index is 13.5. The van der Waals surface area contributed by atoms with Crippen LogP contribution >= 0.6 is 0 Å². The molecule has 1 fully saturated rings. The first-order valence-corrected chi connectivity index (χ1v) is 8.35. The van der Waals surface area contributed by atoms with Crippen molar-refractivity contribution in [3.8, 4) is 0 Å². The van der Waals surface area contributed by atoms with E-state index in [1.54, 1.807) is 14.0 Å². The Morgan fingerprint density at radius 3 is 2.76 bits per heavy atom. The van der Waals surface area contributed by atoms with Crippen molar-refractivity contribution in [3.63, 3.8) is 0 Å². The quantitative estimate of drug-likeness (QED) is 0.861. The molecule has 118 valence electrons. The van der Waals surface area contributed by atoms with Crippen LogP contribution in [0.3, 0.4) is 0 Å². The first-order chi connectivity index (χ1) is 9.78. The monoisotopic (exact) mass is 316 g/mol. The minimum atomic E-state index is -3.82. The minimum Gasteiger partial charge on any atom is -0.376 e. The Labute approximate surface area is 124 Å². The van der Waals surface area contributed by atoms with Gasteiger partial charge in [-0.1, -0.05) is 6.07 Å². The fraction of sp³-hybridized carbons (Fsp3) is 0.571. The van der Waals surface area contributed by atoms with Crippen molar-refractivity contribution in [1.82, 2.24) is 10.0 Å². The van der Waals surface area contributed by atoms with Gasteiger partial charge in [0.25, 0.3) is 0 Å². The van der Waals surface area contributed by atoms with Crippen LogP contribution in [-0.4, -0.2) is 33.7 Å². The lowest BCUT2D eigenvalue weighted by Gasteiger charge is -2.29. The van der Waals surface area contributed by atoms with Gasteiger partial charge in [0.2, 0.25) is 10.0 Å². The van der Waals surface area contributed by atoms with Crippen molar-refractivity contribution >= 4 is 10.0 Å². The van der Waals surface area contributed by atoms with Gasteiger partial charge in [0.15, 0.2) is 0 Å². The largest absolute Gasteiger partial charge is 0.376 e. The molecule has 5 nitrogen and oxygen atoms in total. The first kappa shape index (κ1) is 16.4. The van der Waals surface area contributed by atoms with E-state index in [0.29, 0.717) is 25.1 Å². The Balaban J connectivity index is 2.37. The van der Waals surface area contributed by atoms with E-state index in [1.807, 2.05) is 6.92 Å². The number of ether oxygens (including phenoxy) is 1. The van der Waals surface area contributed by atoms with Crippen LogP contribution in [0.5, 0.6) is 0 Å². The van der Waals surface area contributed by atoms with E-state index in [9.17, 15) is 12.8 Å². The molecule has 7 heteroatoms. The zero-order chi connectivity index (χ0) is 15.7. The molecule has 2 atom stereocenters. The van der Waals surface area contributed by atoms with Crippen molar-refractivity contribution in [2.45, 2.75) is 43.4 Å². The molecule has 2 unspecified atom stereocenters. The summed E-state index contributed by atoms with van der Waals surface area (Å²) in [5, 5.41) is 2.89. The number of sulfonamides is 1. The van der Waals surface area contributed by atoms with Gasteiger partial charge in [-0.15, -0.1) is 0 Å². The Morgan fingerprint density at radius 1 is 1.48 bits per heavy atom. The van der Waals surface area contributed by atoms with Crippen LogP contribution in [0.2, 0.25) is 0 Å². The van der Waals surface area contributed by atoms with Crippen LogP contribution in [0.1, 0.15) is 25.8 Å². The lowest BCUT2D eigenvalue weighted by atomic mass is 9.97. The molecule has 1 heterocycles. The molecule has 1 aromatic carbocycles. The zero-order valence-electron chi connectivity index (χ0n) is 12.4. The molecule has 2 N–H and O–H groups in total. The predicted octanol–water partition coefficient (Wildman–Crippen LogP) is 1.39. The van der Waals surface area contributed by atoms with Gasteiger partial charge < -0.3 is 10.1 Å². The zero-order valence-corrected chi connectivity index (χ0v) is 13.3. The summed E-state index contributed by atoms with van der Waals surface area (Å²) >= 11 is 0. The molecule has 1 aliphatic heterocycles. The first-order valence-electron chi connectivity index (χ1n) is 6.87. The number of nitrogens with one attached hydrogen (secondary N) is 2. The summed E-state index contributed by atoms with van der Waals surface area (Å²) in [7, 11) is -2.11. The Hall–Kier alpha value is -1.02. The predicted molar refractivity (Wildman–Crippen MR) is 77.9 cm³/mol. The van der Waals surface area contributed by atoms with Gasteiger partial charge in [-0.25, -0.2) is 17.5 Å². The van der Waals surface area contributed by atoms with Crippen molar-refractivity contribution in [1.29, 1.82) is 0 Å². The van der Waals surface area contributed by atoms with Crippen molar-refractivity contribution < 1.29 is 17.5 Å². The van der Waals surface area contributed by atoms with Crippen molar-refractivity contribution in [3.05, 3.63) is 29.6 Å². The molecule has 1 aromatic rings. The average molecular weight is 316 g/mol. The van der Waals surface area contributed by atoms with Crippen molar-refractivity contribution in [2.24, 2.45) is 0 Å². The summed E-state index contributed by atoms with van der Waals surface area (Å²) in [5.41, 5.74) is -0.149. The van der Waals surface area contributed by atoms with Gasteiger partial charge in [0, 0.05) is 13.2 Å². The van der Waals surface area contributed by atoms with Crippen LogP contribution in [-0.2, 0) is 21.3 Å². The summed E-state index contributed by atoms with van der Waals surface area (Å²) in [6.07, 6.45) is 0.359. The van der Waals surface area contributed by atoms with Crippen LogP contribution in [0.4, 0.5) is 4.39 Å². The number of hydrogen-bond acceptors (Lipinski definition) is 4. The van der Waals surface area contributed by atoms with Gasteiger partial charge >= 0.3 is 0 Å². The second-order valence-corrected chi connectivity index (χ2v) is 7.22. The third-order valence-corrected chi connectivity index (χ3v) is 5.63. The van der Waals surface area contributed by atoms with Gasteiger partial charge in [-0.2, -0.15) is 0 Å². The molecule has 0 spiro atoms. The van der Waals surface area contributed by atoms with Gasteiger partial charge in [-0.05, 0) is 45.0 Å². The lowest BCUT2D eigenvalue weighted by Crippen LogP contribution is -2.50. The topological polar surface area (TPSA) is 67.4 Å². The van der Waals surface area contributed by atoms with E-state index in [1.165, 1.54) is 12.1 Å². The molecule has 0 saturated carbocycles. The number of hydrogen-bond donors (Lipinski definition) is 2. The molecular weight excluding hydrogens is 295 g/mol. The summed E-state index contributed by atoms with van der Waals surface area (Å²) in [6.45, 7) is 4.49. The van der Waals surface area contributed by atoms with E-state index < -0.39 is 21.4 Å². The van der Waals surface area contributed by atoms with E-state index in [2.05, 4.69) is 10.0 Å². The van der Waals surface area contributed by atoms with Crippen LogP contribution in [0.25, 0.3) is 0 Å². The minimum absolute atomic E-state index is 0.0304. The maximum absolute atomic E-state index is 13.5. The standard InChI is InChI=1S/C14H21FN2O3S/c1-10-14(2,6-7-20-10)17-21(18,19)13-8-12(15)5-4-11(13)9-16-3/h4-5,8,10,16-17H,6-7,9H2,1-3H3. The second-order valence-electron chi connectivity index (χ2n) is 5.57. The molecule has 0 amide bonds. The van der Waals surface area contributed by atoms with Gasteiger partial charge in [0.1, 0.15) is 5.82 Å². The van der Waals surface area contributed by atoms with E-state index >= 15 is 0 Å². The summed E-state index contributed by atoms with van der Waals surface area (Å²) in [5.74, 6) is -0.573. The average Bonchev–Trinajstić information content (AvgIpc) is 2.71. The van der Waals surface area contributed by atoms with Crippen LogP contribution < -0.4 is 10.0 Å². The smallest absolute Gasteiger partial charge is 0.241 e. The number of benzene rings is 1. The molecular formula is C14H21FN2O3S. The molecule has 0 bridgehead atoms. The third-order valence-electron chi connectivity index (χ3n) is 3.94. The molecule has 1 saturated heterocycles. The molecule has 1 aliphatic rings.